The fraction of sp³-hybridized carbons (Fsp3) is 0.889. The third-order valence-electron chi connectivity index (χ3n) is 2.91. The van der Waals surface area contributed by atoms with Crippen molar-refractivity contribution in [3.63, 3.8) is 0 Å². The van der Waals surface area contributed by atoms with E-state index in [4.69, 9.17) is 18.0 Å². The second kappa shape index (κ2) is 4.08. The van der Waals surface area contributed by atoms with E-state index in [0.29, 0.717) is 11.2 Å². The number of rotatable bonds is 1. The largest absolute Gasteiger partial charge is 0.376 e. The molecular weight excluding hydrogens is 168 g/mol. The van der Waals surface area contributed by atoms with Gasteiger partial charge in [-0.05, 0) is 31.0 Å². The number of nitrogens with zero attached hydrogens (tertiary/aromatic N) is 1. The molecule has 0 aromatic rings. The molecule has 2 N–H and O–H groups in total. The summed E-state index contributed by atoms with van der Waals surface area (Å²) in [5, 5.41) is 0.536. The van der Waals surface area contributed by atoms with Crippen molar-refractivity contribution in [3.8, 4) is 0 Å². The molecule has 1 saturated carbocycles. The highest BCUT2D eigenvalue weighted by Gasteiger charge is 2.25. The second-order valence-corrected chi connectivity index (χ2v) is 4.20. The van der Waals surface area contributed by atoms with E-state index in [9.17, 15) is 0 Å². The predicted molar refractivity (Wildman–Crippen MR) is 56.0 cm³/mol. The first-order chi connectivity index (χ1) is 5.63. The maximum absolute atomic E-state index is 5.59. The van der Waals surface area contributed by atoms with Crippen LogP contribution in [0.4, 0.5) is 0 Å². The Balaban J connectivity index is 2.53. The van der Waals surface area contributed by atoms with Crippen LogP contribution in [-0.2, 0) is 0 Å². The van der Waals surface area contributed by atoms with E-state index in [0.717, 1.165) is 5.92 Å². The van der Waals surface area contributed by atoms with Gasteiger partial charge in [0.05, 0.1) is 0 Å². The molecule has 0 aromatic heterocycles. The molecule has 1 fully saturated rings. The molecule has 2 nitrogen and oxygen atoms in total. The number of hydrogen-bond donors (Lipinski definition) is 1. The van der Waals surface area contributed by atoms with Crippen molar-refractivity contribution in [3.05, 3.63) is 0 Å². The Bertz CT molecular complexity index is 170. The van der Waals surface area contributed by atoms with Gasteiger partial charge >= 0.3 is 0 Å². The Hall–Kier alpha value is -0.310. The molecule has 0 saturated heterocycles. The van der Waals surface area contributed by atoms with Gasteiger partial charge in [-0.2, -0.15) is 0 Å². The van der Waals surface area contributed by atoms with Gasteiger partial charge in [-0.15, -0.1) is 0 Å². The van der Waals surface area contributed by atoms with E-state index in [1.165, 1.54) is 25.7 Å². The SMILES string of the molecule is CC1CCCCC1N(C)C(N)=S. The summed E-state index contributed by atoms with van der Waals surface area (Å²) >= 11 is 4.96. The first kappa shape index (κ1) is 9.78. The van der Waals surface area contributed by atoms with Crippen LogP contribution in [0.2, 0.25) is 0 Å². The molecule has 0 aromatic carbocycles. The molecular formula is C9H18N2S. The van der Waals surface area contributed by atoms with E-state index in [-0.39, 0.29) is 0 Å². The third kappa shape index (κ3) is 2.09. The Morgan fingerprint density at radius 3 is 2.50 bits per heavy atom. The summed E-state index contributed by atoms with van der Waals surface area (Å²) in [4.78, 5) is 2.05. The average molecular weight is 186 g/mol. The van der Waals surface area contributed by atoms with Crippen LogP contribution in [0.3, 0.4) is 0 Å². The fourth-order valence-electron chi connectivity index (χ4n) is 2.04. The monoisotopic (exact) mass is 186 g/mol. The molecule has 0 bridgehead atoms. The zero-order chi connectivity index (χ0) is 9.14. The van der Waals surface area contributed by atoms with E-state index in [1.807, 2.05) is 7.05 Å². The lowest BCUT2D eigenvalue weighted by Gasteiger charge is -2.36. The minimum atomic E-state index is 0.536. The quantitative estimate of drug-likeness (QED) is 0.633. The Kier molecular flexibility index (Phi) is 3.32. The molecule has 0 radical (unpaired) electrons. The molecule has 3 heteroatoms. The fourth-order valence-corrected chi connectivity index (χ4v) is 2.17. The van der Waals surface area contributed by atoms with E-state index >= 15 is 0 Å². The van der Waals surface area contributed by atoms with Crippen LogP contribution in [0.1, 0.15) is 32.6 Å². The average Bonchev–Trinajstić information content (AvgIpc) is 2.04. The van der Waals surface area contributed by atoms with Crippen LogP contribution in [0.15, 0.2) is 0 Å². The van der Waals surface area contributed by atoms with Crippen molar-refractivity contribution in [1.82, 2.24) is 4.90 Å². The Morgan fingerprint density at radius 1 is 1.42 bits per heavy atom. The van der Waals surface area contributed by atoms with Gasteiger partial charge in [-0.25, -0.2) is 0 Å². The lowest BCUT2D eigenvalue weighted by molar-refractivity contribution is 0.206. The minimum Gasteiger partial charge on any atom is -0.376 e. The van der Waals surface area contributed by atoms with E-state index < -0.39 is 0 Å². The number of thiocarbonyl (C=S) groups is 1. The summed E-state index contributed by atoms with van der Waals surface area (Å²) in [6.45, 7) is 2.29. The summed E-state index contributed by atoms with van der Waals surface area (Å²) in [6, 6.07) is 0.580. The minimum absolute atomic E-state index is 0.536. The predicted octanol–water partition coefficient (Wildman–Crippen LogP) is 1.74. The summed E-state index contributed by atoms with van der Waals surface area (Å²) in [7, 11) is 2.01. The Labute approximate surface area is 80.1 Å². The highest BCUT2D eigenvalue weighted by atomic mass is 32.1. The number of hydrogen-bond acceptors (Lipinski definition) is 1. The first-order valence-electron chi connectivity index (χ1n) is 4.65. The van der Waals surface area contributed by atoms with Gasteiger partial charge in [0.2, 0.25) is 0 Å². The highest BCUT2D eigenvalue weighted by molar-refractivity contribution is 7.80. The second-order valence-electron chi connectivity index (χ2n) is 3.78. The van der Waals surface area contributed by atoms with Gasteiger partial charge < -0.3 is 10.6 Å². The Morgan fingerprint density at radius 2 is 2.00 bits per heavy atom. The molecule has 0 aliphatic heterocycles. The molecule has 2 atom stereocenters. The molecule has 2 unspecified atom stereocenters. The van der Waals surface area contributed by atoms with E-state index in [1.54, 1.807) is 0 Å². The molecule has 1 rings (SSSR count). The van der Waals surface area contributed by atoms with Crippen molar-refractivity contribution in [1.29, 1.82) is 0 Å². The number of nitrogens with two attached hydrogens (primary N) is 1. The summed E-state index contributed by atoms with van der Waals surface area (Å²) < 4.78 is 0. The lowest BCUT2D eigenvalue weighted by atomic mass is 9.85. The molecule has 0 heterocycles. The lowest BCUT2D eigenvalue weighted by Crippen LogP contribution is -2.45. The zero-order valence-corrected chi connectivity index (χ0v) is 8.73. The zero-order valence-electron chi connectivity index (χ0n) is 7.92. The summed E-state index contributed by atoms with van der Waals surface area (Å²) in [5.41, 5.74) is 5.59. The van der Waals surface area contributed by atoms with Gasteiger partial charge in [-0.3, -0.25) is 0 Å². The first-order valence-corrected chi connectivity index (χ1v) is 5.06. The molecule has 0 amide bonds. The van der Waals surface area contributed by atoms with Crippen molar-refractivity contribution in [2.45, 2.75) is 38.6 Å². The maximum Gasteiger partial charge on any atom is 0.166 e. The van der Waals surface area contributed by atoms with Crippen LogP contribution < -0.4 is 5.73 Å². The van der Waals surface area contributed by atoms with Crippen molar-refractivity contribution >= 4 is 17.3 Å². The van der Waals surface area contributed by atoms with Gasteiger partial charge in [0.1, 0.15) is 0 Å². The van der Waals surface area contributed by atoms with Crippen molar-refractivity contribution in [2.24, 2.45) is 11.7 Å². The molecule has 1 aliphatic carbocycles. The standard InChI is InChI=1S/C9H18N2S/c1-7-5-3-4-6-8(7)11(2)9(10)12/h7-8H,3-6H2,1-2H3,(H2,10,12). The molecule has 1 aliphatic rings. The smallest absolute Gasteiger partial charge is 0.166 e. The highest BCUT2D eigenvalue weighted by Crippen LogP contribution is 2.26. The molecule has 0 spiro atoms. The van der Waals surface area contributed by atoms with Gasteiger partial charge in [0, 0.05) is 13.1 Å². The van der Waals surface area contributed by atoms with Gasteiger partial charge in [0.15, 0.2) is 5.11 Å². The van der Waals surface area contributed by atoms with Crippen molar-refractivity contribution in [2.75, 3.05) is 7.05 Å². The van der Waals surface area contributed by atoms with Crippen LogP contribution in [0.25, 0.3) is 0 Å². The van der Waals surface area contributed by atoms with Gasteiger partial charge in [-0.1, -0.05) is 19.8 Å². The van der Waals surface area contributed by atoms with Crippen LogP contribution in [0.5, 0.6) is 0 Å². The van der Waals surface area contributed by atoms with Crippen LogP contribution in [-0.4, -0.2) is 23.1 Å². The van der Waals surface area contributed by atoms with Crippen molar-refractivity contribution < 1.29 is 0 Å². The maximum atomic E-state index is 5.59. The third-order valence-corrected chi connectivity index (χ3v) is 3.20. The normalized spacial score (nSPS) is 29.8. The van der Waals surface area contributed by atoms with Crippen LogP contribution in [0, 0.1) is 5.92 Å². The van der Waals surface area contributed by atoms with Crippen LogP contribution >= 0.6 is 12.2 Å². The topological polar surface area (TPSA) is 29.3 Å². The summed E-state index contributed by atoms with van der Waals surface area (Å²) in [6.07, 6.45) is 5.25. The summed E-state index contributed by atoms with van der Waals surface area (Å²) in [5.74, 6) is 0.741. The molecule has 70 valence electrons. The van der Waals surface area contributed by atoms with E-state index in [2.05, 4.69) is 11.8 Å². The van der Waals surface area contributed by atoms with Gasteiger partial charge in [0.25, 0.3) is 0 Å². The molecule has 12 heavy (non-hydrogen) atoms.